The SMILES string of the molecule is COCC1(O)C(N)[C@@H](N[C@H]2C(C)OCC(OC)[C@@H]2OC)C(OC)[C@H](OC)[C@H]1CO. The van der Waals surface area contributed by atoms with E-state index >= 15 is 0 Å². The second-order valence-electron chi connectivity index (χ2n) is 7.87. The quantitative estimate of drug-likeness (QED) is 0.334. The van der Waals surface area contributed by atoms with Crippen molar-refractivity contribution in [1.82, 2.24) is 5.32 Å². The maximum absolute atomic E-state index is 11.4. The molecular weight excluding hydrogens is 384 g/mol. The predicted molar refractivity (Wildman–Crippen MR) is 105 cm³/mol. The van der Waals surface area contributed by atoms with E-state index in [0.29, 0.717) is 6.61 Å². The molecule has 0 aromatic rings. The summed E-state index contributed by atoms with van der Waals surface area (Å²) in [5.41, 5.74) is 5.03. The van der Waals surface area contributed by atoms with Gasteiger partial charge in [-0.05, 0) is 6.92 Å². The molecule has 0 amide bonds. The Balaban J connectivity index is 2.39. The van der Waals surface area contributed by atoms with Crippen molar-refractivity contribution < 1.29 is 38.6 Å². The Morgan fingerprint density at radius 2 is 1.62 bits per heavy atom. The smallest absolute Gasteiger partial charge is 0.112 e. The molecule has 1 saturated heterocycles. The van der Waals surface area contributed by atoms with E-state index in [0.717, 1.165) is 0 Å². The molecule has 0 aromatic carbocycles. The molecule has 1 saturated carbocycles. The predicted octanol–water partition coefficient (Wildman–Crippen LogP) is -1.88. The van der Waals surface area contributed by atoms with Crippen LogP contribution in [0, 0.1) is 5.92 Å². The van der Waals surface area contributed by atoms with Gasteiger partial charge in [-0.25, -0.2) is 0 Å². The summed E-state index contributed by atoms with van der Waals surface area (Å²) in [4.78, 5) is 0. The third-order valence-electron chi connectivity index (χ3n) is 6.51. The second-order valence-corrected chi connectivity index (χ2v) is 7.87. The van der Waals surface area contributed by atoms with Crippen LogP contribution in [0.5, 0.6) is 0 Å². The van der Waals surface area contributed by atoms with E-state index in [2.05, 4.69) is 5.32 Å². The highest BCUT2D eigenvalue weighted by Crippen LogP contribution is 2.37. The maximum atomic E-state index is 11.4. The standard InChI is InChI=1S/C19H38N2O8/c1-10-13(16(27-5)12(25-3)8-29-10)21-14-17(28-6)15(26-4)11(7-22)19(23,9-24-2)18(14)20/h10-18,21-23H,7-9,20H2,1-6H3/t10?,11-,12?,13+,14+,15-,16+,17?,18?,19?/m1/s1. The fraction of sp³-hybridized carbons (Fsp3) is 1.00. The maximum Gasteiger partial charge on any atom is 0.112 e. The summed E-state index contributed by atoms with van der Waals surface area (Å²) in [6.45, 7) is 1.98. The van der Waals surface area contributed by atoms with Gasteiger partial charge in [0.1, 0.15) is 23.9 Å². The molecule has 5 unspecified atom stereocenters. The summed E-state index contributed by atoms with van der Waals surface area (Å²) >= 11 is 0. The van der Waals surface area contributed by atoms with E-state index in [1.807, 2.05) is 6.92 Å². The van der Waals surface area contributed by atoms with Crippen LogP contribution < -0.4 is 11.1 Å². The summed E-state index contributed by atoms with van der Waals surface area (Å²) in [6, 6.07) is -1.62. The third kappa shape index (κ3) is 4.62. The van der Waals surface area contributed by atoms with E-state index in [1.54, 1.807) is 21.3 Å². The summed E-state index contributed by atoms with van der Waals surface area (Å²) in [6.07, 6.45) is -1.88. The van der Waals surface area contributed by atoms with Crippen molar-refractivity contribution in [3.05, 3.63) is 0 Å². The van der Waals surface area contributed by atoms with Crippen LogP contribution in [0.4, 0.5) is 0 Å². The number of hydrogen-bond acceptors (Lipinski definition) is 10. The molecule has 10 heteroatoms. The number of aliphatic hydroxyl groups excluding tert-OH is 1. The Morgan fingerprint density at radius 3 is 2.10 bits per heavy atom. The normalized spacial score (nSPS) is 46.0. The van der Waals surface area contributed by atoms with Gasteiger partial charge < -0.3 is 49.7 Å². The van der Waals surface area contributed by atoms with E-state index in [4.69, 9.17) is 34.2 Å². The van der Waals surface area contributed by atoms with Crippen molar-refractivity contribution >= 4 is 0 Å². The first-order chi connectivity index (χ1) is 13.8. The van der Waals surface area contributed by atoms with Gasteiger partial charge >= 0.3 is 0 Å². The molecule has 0 aromatic heterocycles. The molecule has 1 aliphatic heterocycles. The van der Waals surface area contributed by atoms with E-state index in [1.165, 1.54) is 14.2 Å². The topological polar surface area (TPSA) is 134 Å². The molecule has 0 radical (unpaired) electrons. The average Bonchev–Trinajstić information content (AvgIpc) is 2.72. The van der Waals surface area contributed by atoms with Crippen molar-refractivity contribution in [3.63, 3.8) is 0 Å². The van der Waals surface area contributed by atoms with Crippen LogP contribution in [-0.4, -0.2) is 120 Å². The van der Waals surface area contributed by atoms with Gasteiger partial charge in [0.15, 0.2) is 0 Å². The van der Waals surface area contributed by atoms with Gasteiger partial charge in [-0.15, -0.1) is 0 Å². The van der Waals surface area contributed by atoms with Crippen molar-refractivity contribution in [2.75, 3.05) is 55.4 Å². The highest BCUT2D eigenvalue weighted by molar-refractivity contribution is 5.14. The van der Waals surface area contributed by atoms with Gasteiger partial charge in [-0.3, -0.25) is 0 Å². The lowest BCUT2D eigenvalue weighted by molar-refractivity contribution is -0.218. The molecule has 2 fully saturated rings. The summed E-state index contributed by atoms with van der Waals surface area (Å²) in [5, 5.41) is 24.9. The van der Waals surface area contributed by atoms with Crippen LogP contribution in [0.15, 0.2) is 0 Å². The lowest BCUT2D eigenvalue weighted by Gasteiger charge is -2.55. The molecule has 0 bridgehead atoms. The minimum absolute atomic E-state index is 0.0566. The van der Waals surface area contributed by atoms with Gasteiger partial charge in [-0.2, -0.15) is 0 Å². The fourth-order valence-electron chi connectivity index (χ4n) is 4.85. The Labute approximate surface area is 172 Å². The van der Waals surface area contributed by atoms with E-state index < -0.39 is 35.8 Å². The van der Waals surface area contributed by atoms with Crippen molar-refractivity contribution in [1.29, 1.82) is 0 Å². The minimum Gasteiger partial charge on any atom is -0.396 e. The molecular formula is C19H38N2O8. The summed E-state index contributed by atoms with van der Waals surface area (Å²) < 4.78 is 33.7. The van der Waals surface area contributed by atoms with Gasteiger partial charge in [0.05, 0.1) is 50.2 Å². The molecule has 2 rings (SSSR count). The molecule has 172 valence electrons. The van der Waals surface area contributed by atoms with Crippen molar-refractivity contribution in [2.45, 2.75) is 61.2 Å². The second kappa shape index (κ2) is 10.8. The molecule has 1 heterocycles. The molecule has 29 heavy (non-hydrogen) atoms. The molecule has 5 N–H and O–H groups in total. The zero-order chi connectivity index (χ0) is 21.8. The Hall–Kier alpha value is -0.400. The Kier molecular flexibility index (Phi) is 9.23. The highest BCUT2D eigenvalue weighted by atomic mass is 16.6. The first kappa shape index (κ1) is 24.9. The van der Waals surface area contributed by atoms with Crippen LogP contribution in [0.25, 0.3) is 0 Å². The highest BCUT2D eigenvalue weighted by Gasteiger charge is 2.59. The largest absolute Gasteiger partial charge is 0.396 e. The van der Waals surface area contributed by atoms with Crippen LogP contribution in [-0.2, 0) is 28.4 Å². The lowest BCUT2D eigenvalue weighted by Crippen LogP contribution is -2.78. The van der Waals surface area contributed by atoms with Crippen molar-refractivity contribution in [3.8, 4) is 0 Å². The third-order valence-corrected chi connectivity index (χ3v) is 6.51. The van der Waals surface area contributed by atoms with Crippen LogP contribution in [0.3, 0.4) is 0 Å². The van der Waals surface area contributed by atoms with Gasteiger partial charge in [0.2, 0.25) is 0 Å². The Morgan fingerprint density at radius 1 is 1.00 bits per heavy atom. The van der Waals surface area contributed by atoms with Crippen LogP contribution in [0.1, 0.15) is 6.92 Å². The number of nitrogens with two attached hydrogens (primary N) is 1. The average molecular weight is 423 g/mol. The molecule has 0 spiro atoms. The zero-order valence-electron chi connectivity index (χ0n) is 18.2. The van der Waals surface area contributed by atoms with Gasteiger partial charge in [0.25, 0.3) is 0 Å². The van der Waals surface area contributed by atoms with Gasteiger partial charge in [0, 0.05) is 41.5 Å². The summed E-state index contributed by atoms with van der Waals surface area (Å²) in [5.74, 6) is -0.685. The first-order valence-electron chi connectivity index (χ1n) is 9.91. The number of rotatable bonds is 9. The molecule has 1 aliphatic carbocycles. The fourth-order valence-corrected chi connectivity index (χ4v) is 4.85. The Bertz CT molecular complexity index is 501. The number of methoxy groups -OCH3 is 5. The number of hydrogen-bond donors (Lipinski definition) is 4. The first-order valence-corrected chi connectivity index (χ1v) is 9.91. The number of ether oxygens (including phenoxy) is 6. The van der Waals surface area contributed by atoms with Crippen LogP contribution >= 0.6 is 0 Å². The molecule has 10 nitrogen and oxygen atoms in total. The zero-order valence-corrected chi connectivity index (χ0v) is 18.2. The lowest BCUT2D eigenvalue weighted by atomic mass is 9.67. The minimum atomic E-state index is -1.53. The van der Waals surface area contributed by atoms with Crippen molar-refractivity contribution in [2.24, 2.45) is 11.7 Å². The number of nitrogens with one attached hydrogen (secondary N) is 1. The van der Waals surface area contributed by atoms with E-state index in [9.17, 15) is 10.2 Å². The molecule has 2 aliphatic rings. The van der Waals surface area contributed by atoms with Crippen LogP contribution in [0.2, 0.25) is 0 Å². The monoisotopic (exact) mass is 422 g/mol. The van der Waals surface area contributed by atoms with Gasteiger partial charge in [-0.1, -0.05) is 0 Å². The van der Waals surface area contributed by atoms with E-state index in [-0.39, 0.29) is 37.6 Å². The number of aliphatic hydroxyl groups is 2. The molecule has 10 atom stereocenters. The summed E-state index contributed by atoms with van der Waals surface area (Å²) in [7, 11) is 7.79.